The van der Waals surface area contributed by atoms with Gasteiger partial charge in [-0.1, -0.05) is 11.2 Å². The normalized spacial score (nSPS) is 16.7. The smallest absolute Gasteiger partial charge is 0.338 e. The van der Waals surface area contributed by atoms with Crippen LogP contribution in [0.15, 0.2) is 22.7 Å². The summed E-state index contributed by atoms with van der Waals surface area (Å²) in [5, 5.41) is 5.47. The minimum atomic E-state index is -0.274. The number of carbonyl (C=O) groups is 1. The van der Waals surface area contributed by atoms with Crippen LogP contribution in [0.3, 0.4) is 0 Å². The summed E-state index contributed by atoms with van der Waals surface area (Å²) in [6, 6.07) is 3.69. The van der Waals surface area contributed by atoms with Gasteiger partial charge in [0.15, 0.2) is 5.84 Å². The van der Waals surface area contributed by atoms with Gasteiger partial charge >= 0.3 is 5.97 Å². The van der Waals surface area contributed by atoms with Crippen LogP contribution in [0.5, 0.6) is 0 Å². The van der Waals surface area contributed by atoms with Crippen molar-refractivity contribution in [3.05, 3.63) is 22.4 Å². The van der Waals surface area contributed by atoms with Crippen molar-refractivity contribution in [2.45, 2.75) is 12.8 Å². The minimum Gasteiger partial charge on any atom is -0.380 e. The lowest BCUT2D eigenvalue weighted by atomic mass is 10.4. The van der Waals surface area contributed by atoms with Gasteiger partial charge in [-0.2, -0.15) is 0 Å². The van der Waals surface area contributed by atoms with Gasteiger partial charge in [0.1, 0.15) is 0 Å². The van der Waals surface area contributed by atoms with E-state index in [1.165, 1.54) is 11.3 Å². The third-order valence-corrected chi connectivity index (χ3v) is 2.81. The lowest BCUT2D eigenvalue weighted by Crippen LogP contribution is -2.14. The number of thiophene rings is 1. The van der Waals surface area contributed by atoms with Gasteiger partial charge in [0.05, 0.1) is 10.8 Å². The van der Waals surface area contributed by atoms with Crippen molar-refractivity contribution in [1.29, 1.82) is 0 Å². The molecule has 5 heteroatoms. The Labute approximate surface area is 85.4 Å². The van der Waals surface area contributed by atoms with Crippen molar-refractivity contribution >= 4 is 23.1 Å². The highest BCUT2D eigenvalue weighted by atomic mass is 32.1. The summed E-state index contributed by atoms with van der Waals surface area (Å²) in [7, 11) is 0. The highest BCUT2D eigenvalue weighted by molar-refractivity contribution is 7.12. The van der Waals surface area contributed by atoms with E-state index in [2.05, 4.69) is 9.99 Å². The van der Waals surface area contributed by atoms with E-state index in [1.807, 2.05) is 17.5 Å². The molecule has 1 aliphatic rings. The van der Waals surface area contributed by atoms with Gasteiger partial charge in [-0.15, -0.1) is 11.3 Å². The Bertz CT molecular complexity index is 355. The molecule has 1 fully saturated rings. The van der Waals surface area contributed by atoms with E-state index in [1.54, 1.807) is 0 Å². The Kier molecular flexibility index (Phi) is 2.49. The van der Waals surface area contributed by atoms with Gasteiger partial charge in [-0.3, -0.25) is 0 Å². The first kappa shape index (κ1) is 9.21. The summed E-state index contributed by atoms with van der Waals surface area (Å²) in [4.78, 5) is 16.6. The Balaban J connectivity index is 1.93. The molecule has 0 aliphatic heterocycles. The van der Waals surface area contributed by atoms with Crippen LogP contribution in [0.4, 0.5) is 0 Å². The van der Waals surface area contributed by atoms with Crippen LogP contribution in [-0.4, -0.2) is 11.8 Å². The molecule has 74 valence electrons. The molecule has 1 heterocycles. The lowest BCUT2D eigenvalue weighted by molar-refractivity contribution is -0.145. The van der Waals surface area contributed by atoms with Gasteiger partial charge in [0.2, 0.25) is 0 Å². The molecule has 0 amide bonds. The van der Waals surface area contributed by atoms with Gasteiger partial charge in [-0.05, 0) is 24.3 Å². The largest absolute Gasteiger partial charge is 0.380 e. The van der Waals surface area contributed by atoms with Crippen molar-refractivity contribution < 1.29 is 9.63 Å². The molecule has 0 aromatic carbocycles. The second kappa shape index (κ2) is 3.79. The van der Waals surface area contributed by atoms with Gasteiger partial charge in [-0.25, -0.2) is 4.79 Å². The monoisotopic (exact) mass is 210 g/mol. The van der Waals surface area contributed by atoms with Crippen LogP contribution >= 0.6 is 11.3 Å². The Morgan fingerprint density at radius 1 is 1.64 bits per heavy atom. The average Bonchev–Trinajstić information content (AvgIpc) is 2.90. The maximum Gasteiger partial charge on any atom is 0.338 e. The molecule has 0 unspecified atom stereocenters. The van der Waals surface area contributed by atoms with Crippen molar-refractivity contribution in [3.8, 4) is 0 Å². The molecule has 4 nitrogen and oxygen atoms in total. The first-order valence-electron chi connectivity index (χ1n) is 4.35. The summed E-state index contributed by atoms with van der Waals surface area (Å²) >= 11 is 1.46. The fourth-order valence-electron chi connectivity index (χ4n) is 0.957. The van der Waals surface area contributed by atoms with E-state index in [9.17, 15) is 4.79 Å². The summed E-state index contributed by atoms with van der Waals surface area (Å²) in [6.45, 7) is 0. The molecule has 1 saturated carbocycles. The molecule has 14 heavy (non-hydrogen) atoms. The molecule has 2 rings (SSSR count). The van der Waals surface area contributed by atoms with Crippen LogP contribution in [-0.2, 0) is 9.63 Å². The zero-order chi connectivity index (χ0) is 9.97. The highest BCUT2D eigenvalue weighted by Crippen LogP contribution is 2.30. The Morgan fingerprint density at radius 2 is 2.43 bits per heavy atom. The van der Waals surface area contributed by atoms with Gasteiger partial charge < -0.3 is 10.6 Å². The number of carbonyl (C=O) groups excluding carboxylic acids is 1. The predicted molar refractivity (Wildman–Crippen MR) is 53.9 cm³/mol. The molecule has 0 bridgehead atoms. The SMILES string of the molecule is N/C(=N\OC(=O)C1CC1)c1cccs1. The number of nitrogens with two attached hydrogens (primary N) is 1. The quantitative estimate of drug-likeness (QED) is 0.354. The van der Waals surface area contributed by atoms with Crippen molar-refractivity contribution in [2.24, 2.45) is 16.8 Å². The molecule has 0 spiro atoms. The fraction of sp³-hybridized carbons (Fsp3) is 0.333. The van der Waals surface area contributed by atoms with E-state index >= 15 is 0 Å². The van der Waals surface area contributed by atoms with Gasteiger partial charge in [0, 0.05) is 0 Å². The maximum atomic E-state index is 11.1. The molecular weight excluding hydrogens is 200 g/mol. The predicted octanol–water partition coefficient (Wildman–Crippen LogP) is 1.32. The number of nitrogens with zero attached hydrogens (tertiary/aromatic N) is 1. The van der Waals surface area contributed by atoms with Crippen molar-refractivity contribution in [1.82, 2.24) is 0 Å². The summed E-state index contributed by atoms with van der Waals surface area (Å²) in [5.74, 6) is 0.0355. The second-order valence-electron chi connectivity index (χ2n) is 3.14. The van der Waals surface area contributed by atoms with E-state index < -0.39 is 0 Å². The first-order valence-corrected chi connectivity index (χ1v) is 5.23. The first-order chi connectivity index (χ1) is 6.77. The summed E-state index contributed by atoms with van der Waals surface area (Å²) in [6.07, 6.45) is 1.82. The topological polar surface area (TPSA) is 64.7 Å². The summed E-state index contributed by atoms with van der Waals surface area (Å²) < 4.78 is 0. The van der Waals surface area contributed by atoms with E-state index in [0.29, 0.717) is 0 Å². The molecule has 1 aliphatic carbocycles. The van der Waals surface area contributed by atoms with E-state index in [0.717, 1.165) is 17.7 Å². The van der Waals surface area contributed by atoms with E-state index in [-0.39, 0.29) is 17.7 Å². The third kappa shape index (κ3) is 2.11. The lowest BCUT2D eigenvalue weighted by Gasteiger charge is -1.96. The van der Waals surface area contributed by atoms with Crippen LogP contribution < -0.4 is 5.73 Å². The molecule has 0 saturated heterocycles. The third-order valence-electron chi connectivity index (χ3n) is 1.92. The number of hydrogen-bond donors (Lipinski definition) is 1. The molecule has 1 aromatic rings. The highest BCUT2D eigenvalue weighted by Gasteiger charge is 2.31. The summed E-state index contributed by atoms with van der Waals surface area (Å²) in [5.41, 5.74) is 5.59. The zero-order valence-corrected chi connectivity index (χ0v) is 8.29. The number of rotatable bonds is 3. The Morgan fingerprint density at radius 3 is 3.00 bits per heavy atom. The molecule has 0 radical (unpaired) electrons. The van der Waals surface area contributed by atoms with E-state index in [4.69, 9.17) is 5.73 Å². The molecular formula is C9H10N2O2S. The number of amidine groups is 1. The van der Waals surface area contributed by atoms with Gasteiger partial charge in [0.25, 0.3) is 0 Å². The molecule has 0 atom stereocenters. The van der Waals surface area contributed by atoms with Crippen LogP contribution in [0.25, 0.3) is 0 Å². The molecule has 1 aromatic heterocycles. The Hall–Kier alpha value is -1.36. The average molecular weight is 210 g/mol. The van der Waals surface area contributed by atoms with Crippen molar-refractivity contribution in [2.75, 3.05) is 0 Å². The molecule has 2 N–H and O–H groups in total. The fourth-order valence-corrected chi connectivity index (χ4v) is 1.58. The number of hydrogen-bond acceptors (Lipinski definition) is 4. The minimum absolute atomic E-state index is 0.0508. The van der Waals surface area contributed by atoms with Crippen LogP contribution in [0.1, 0.15) is 17.7 Å². The zero-order valence-electron chi connectivity index (χ0n) is 7.47. The maximum absolute atomic E-state index is 11.1. The van der Waals surface area contributed by atoms with Crippen molar-refractivity contribution in [3.63, 3.8) is 0 Å². The number of oxime groups is 1. The van der Waals surface area contributed by atoms with Crippen LogP contribution in [0.2, 0.25) is 0 Å². The van der Waals surface area contributed by atoms with Crippen LogP contribution in [0, 0.1) is 5.92 Å². The second-order valence-corrected chi connectivity index (χ2v) is 4.09. The standard InChI is InChI=1S/C9H10N2O2S/c10-8(7-2-1-5-14-7)11-13-9(12)6-3-4-6/h1-2,5-6H,3-4H2,(H2,10,11).